The van der Waals surface area contributed by atoms with Crippen molar-refractivity contribution in [1.82, 2.24) is 25.1 Å². The standard InChI is InChI=1S/C29H25ClN8O5/c30-20-6-11-23(38-18-31-33-34-38)24(15-20)36-16-27(40)37(17-26(36)39)25(14-19-4-2-1-3-5-19)28(41)32-21-7-9-22(10-8-21)35-12-13-43-29(35)42/h1-11,15,18,25H,12-14,16-17H2,(H,32,41). The second kappa shape index (κ2) is 11.9. The van der Waals surface area contributed by atoms with E-state index >= 15 is 0 Å². The first-order chi connectivity index (χ1) is 20.9. The molecule has 0 bridgehead atoms. The Morgan fingerprint density at radius 2 is 1.72 bits per heavy atom. The highest BCUT2D eigenvalue weighted by molar-refractivity contribution is 6.31. The zero-order chi connectivity index (χ0) is 29.9. The molecule has 6 rings (SSSR count). The number of tetrazole rings is 1. The summed E-state index contributed by atoms with van der Waals surface area (Å²) in [7, 11) is 0. The molecule has 1 aromatic heterocycles. The van der Waals surface area contributed by atoms with Gasteiger partial charge in [-0.25, -0.2) is 4.79 Å². The summed E-state index contributed by atoms with van der Waals surface area (Å²) in [5.74, 6) is -1.27. The summed E-state index contributed by atoms with van der Waals surface area (Å²) < 4.78 is 6.36. The van der Waals surface area contributed by atoms with E-state index in [4.69, 9.17) is 16.3 Å². The number of anilines is 3. The molecular formula is C29H25ClN8O5. The molecule has 1 N–H and O–H groups in total. The van der Waals surface area contributed by atoms with Gasteiger partial charge in [0.1, 0.15) is 32.1 Å². The highest BCUT2D eigenvalue weighted by Gasteiger charge is 2.39. The minimum absolute atomic E-state index is 0.191. The second-order valence-corrected chi connectivity index (χ2v) is 10.3. The number of rotatable bonds is 8. The zero-order valence-corrected chi connectivity index (χ0v) is 23.4. The van der Waals surface area contributed by atoms with Crippen molar-refractivity contribution < 1.29 is 23.9 Å². The largest absolute Gasteiger partial charge is 0.447 e. The highest BCUT2D eigenvalue weighted by atomic mass is 35.5. The third-order valence-corrected chi connectivity index (χ3v) is 7.44. The molecule has 0 spiro atoms. The van der Waals surface area contributed by atoms with Crippen molar-refractivity contribution in [3.8, 4) is 5.69 Å². The summed E-state index contributed by atoms with van der Waals surface area (Å²) in [6.07, 6.45) is 1.14. The number of halogens is 1. The van der Waals surface area contributed by atoms with Crippen LogP contribution >= 0.6 is 11.6 Å². The van der Waals surface area contributed by atoms with Crippen LogP contribution in [0.1, 0.15) is 5.56 Å². The van der Waals surface area contributed by atoms with Gasteiger partial charge in [-0.1, -0.05) is 41.9 Å². The lowest BCUT2D eigenvalue weighted by Gasteiger charge is -2.38. The fraction of sp³-hybridized carbons (Fsp3) is 0.207. The molecule has 0 aliphatic carbocycles. The molecule has 2 aliphatic heterocycles. The van der Waals surface area contributed by atoms with Crippen LogP contribution in [-0.2, 0) is 25.5 Å². The monoisotopic (exact) mass is 600 g/mol. The number of nitrogens with zero attached hydrogens (tertiary/aromatic N) is 7. The van der Waals surface area contributed by atoms with E-state index in [1.54, 1.807) is 42.5 Å². The summed E-state index contributed by atoms with van der Waals surface area (Å²) >= 11 is 6.25. The molecule has 1 unspecified atom stereocenters. The number of carbonyl (C=O) groups excluding carboxylic acids is 4. The molecule has 3 aromatic carbocycles. The van der Waals surface area contributed by atoms with Crippen LogP contribution in [0.4, 0.5) is 21.9 Å². The Bertz CT molecular complexity index is 1670. The smallest absolute Gasteiger partial charge is 0.414 e. The maximum Gasteiger partial charge on any atom is 0.414 e. The second-order valence-electron chi connectivity index (χ2n) is 9.90. The number of ether oxygens (including phenoxy) is 1. The Labute approximate surface area is 250 Å². The molecule has 218 valence electrons. The molecule has 1 atom stereocenters. The molecule has 43 heavy (non-hydrogen) atoms. The van der Waals surface area contributed by atoms with Crippen LogP contribution in [0.3, 0.4) is 0 Å². The lowest BCUT2D eigenvalue weighted by Crippen LogP contribution is -2.60. The van der Waals surface area contributed by atoms with Gasteiger partial charge in [-0.3, -0.25) is 24.2 Å². The molecule has 2 saturated heterocycles. The van der Waals surface area contributed by atoms with Crippen molar-refractivity contribution in [3.05, 3.63) is 89.7 Å². The molecule has 2 aliphatic rings. The van der Waals surface area contributed by atoms with E-state index < -0.39 is 29.9 Å². The van der Waals surface area contributed by atoms with Crippen LogP contribution in [0, 0.1) is 0 Å². The van der Waals surface area contributed by atoms with E-state index in [0.29, 0.717) is 40.9 Å². The van der Waals surface area contributed by atoms with Gasteiger partial charge in [-0.15, -0.1) is 5.10 Å². The highest BCUT2D eigenvalue weighted by Crippen LogP contribution is 2.30. The Hall–Kier alpha value is -5.30. The molecule has 2 fully saturated rings. The van der Waals surface area contributed by atoms with Gasteiger partial charge in [0.05, 0.1) is 17.9 Å². The number of hydrogen-bond donors (Lipinski definition) is 1. The summed E-state index contributed by atoms with van der Waals surface area (Å²) in [6.45, 7) is 0.113. The topological polar surface area (TPSA) is 143 Å². The molecule has 3 heterocycles. The van der Waals surface area contributed by atoms with Gasteiger partial charge in [0.15, 0.2) is 0 Å². The Kier molecular flexibility index (Phi) is 7.71. The van der Waals surface area contributed by atoms with Crippen molar-refractivity contribution in [1.29, 1.82) is 0 Å². The third kappa shape index (κ3) is 5.88. The number of benzene rings is 3. The first-order valence-corrected chi connectivity index (χ1v) is 13.8. The Balaban J connectivity index is 1.24. The minimum Gasteiger partial charge on any atom is -0.447 e. The Morgan fingerprint density at radius 3 is 2.42 bits per heavy atom. The minimum atomic E-state index is -0.979. The molecule has 14 heteroatoms. The predicted octanol–water partition coefficient (Wildman–Crippen LogP) is 2.70. The van der Waals surface area contributed by atoms with Gasteiger partial charge in [0.2, 0.25) is 17.7 Å². The maximum absolute atomic E-state index is 13.7. The van der Waals surface area contributed by atoms with Gasteiger partial charge in [-0.05, 0) is 58.5 Å². The molecule has 0 saturated carbocycles. The lowest BCUT2D eigenvalue weighted by molar-refractivity contribution is -0.143. The van der Waals surface area contributed by atoms with Gasteiger partial charge in [-0.2, -0.15) is 4.68 Å². The van der Waals surface area contributed by atoms with E-state index in [1.807, 2.05) is 30.3 Å². The third-order valence-electron chi connectivity index (χ3n) is 7.20. The maximum atomic E-state index is 13.7. The van der Waals surface area contributed by atoms with E-state index in [9.17, 15) is 19.2 Å². The van der Waals surface area contributed by atoms with Crippen molar-refractivity contribution in [2.24, 2.45) is 0 Å². The SMILES string of the molecule is O=C(Nc1ccc(N2CCOC2=O)cc1)C(Cc1ccccc1)N1CC(=O)N(c2cc(Cl)ccc2-n2cnnn2)CC1=O. The quantitative estimate of drug-likeness (QED) is 0.325. The number of piperazine rings is 1. The van der Waals surface area contributed by atoms with Gasteiger partial charge in [0.25, 0.3) is 0 Å². The van der Waals surface area contributed by atoms with Crippen molar-refractivity contribution in [3.63, 3.8) is 0 Å². The number of nitrogens with one attached hydrogen (secondary N) is 1. The van der Waals surface area contributed by atoms with Crippen LogP contribution in [0.15, 0.2) is 79.1 Å². The average molecular weight is 601 g/mol. The number of amides is 4. The van der Waals surface area contributed by atoms with Crippen LogP contribution in [0.5, 0.6) is 0 Å². The van der Waals surface area contributed by atoms with Crippen molar-refractivity contribution >= 4 is 52.5 Å². The van der Waals surface area contributed by atoms with E-state index in [1.165, 1.54) is 25.7 Å². The first kappa shape index (κ1) is 27.8. The fourth-order valence-electron chi connectivity index (χ4n) is 5.08. The van der Waals surface area contributed by atoms with Crippen LogP contribution < -0.4 is 15.1 Å². The molecular weight excluding hydrogens is 576 g/mol. The number of aromatic nitrogens is 4. The van der Waals surface area contributed by atoms with Gasteiger partial charge < -0.3 is 15.0 Å². The average Bonchev–Trinajstić information content (AvgIpc) is 3.70. The van der Waals surface area contributed by atoms with Gasteiger partial charge in [0, 0.05) is 22.8 Å². The summed E-state index contributed by atoms with van der Waals surface area (Å²) in [6, 6.07) is 19.9. The summed E-state index contributed by atoms with van der Waals surface area (Å²) in [4.78, 5) is 56.9. The lowest BCUT2D eigenvalue weighted by atomic mass is 10.0. The van der Waals surface area contributed by atoms with Gasteiger partial charge >= 0.3 is 6.09 Å². The number of cyclic esters (lactones) is 1. The molecule has 13 nitrogen and oxygen atoms in total. The normalized spacial score (nSPS) is 15.9. The fourth-order valence-corrected chi connectivity index (χ4v) is 5.24. The first-order valence-electron chi connectivity index (χ1n) is 13.4. The van der Waals surface area contributed by atoms with Crippen LogP contribution in [0.25, 0.3) is 5.69 Å². The van der Waals surface area contributed by atoms with Crippen LogP contribution in [-0.4, -0.2) is 81.2 Å². The molecule has 4 amide bonds. The summed E-state index contributed by atoms with van der Waals surface area (Å²) in [5, 5.41) is 14.4. The van der Waals surface area contributed by atoms with Crippen LogP contribution in [0.2, 0.25) is 5.02 Å². The van der Waals surface area contributed by atoms with Crippen molar-refractivity contribution in [2.45, 2.75) is 12.5 Å². The molecule has 0 radical (unpaired) electrons. The van der Waals surface area contributed by atoms with E-state index in [2.05, 4.69) is 20.8 Å². The predicted molar refractivity (Wildman–Crippen MR) is 156 cm³/mol. The van der Waals surface area contributed by atoms with E-state index in [-0.39, 0.29) is 19.5 Å². The summed E-state index contributed by atoms with van der Waals surface area (Å²) in [5.41, 5.74) is 2.77. The number of hydrogen-bond acceptors (Lipinski definition) is 8. The zero-order valence-electron chi connectivity index (χ0n) is 22.7. The van der Waals surface area contributed by atoms with E-state index in [0.717, 1.165) is 5.56 Å². The number of carbonyl (C=O) groups is 4. The van der Waals surface area contributed by atoms with Crippen molar-refractivity contribution in [2.75, 3.05) is 41.4 Å². The Morgan fingerprint density at radius 1 is 0.930 bits per heavy atom. The molecule has 4 aromatic rings.